The molecule has 0 saturated heterocycles. The van der Waals surface area contributed by atoms with Crippen LogP contribution < -0.4 is 4.74 Å². The molecule has 162 valence electrons. The summed E-state index contributed by atoms with van der Waals surface area (Å²) >= 11 is 3.77. The molecule has 5 heteroatoms. The molecule has 1 aliphatic carbocycles. The fraction of sp³-hybridized carbons (Fsp3) is 0.385. The van der Waals surface area contributed by atoms with Crippen molar-refractivity contribution in [3.8, 4) is 5.75 Å². The smallest absolute Gasteiger partial charge is 0.305 e. The minimum atomic E-state index is -0.115. The van der Waals surface area contributed by atoms with E-state index in [4.69, 9.17) is 9.47 Å². The molecule has 1 heterocycles. The lowest BCUT2D eigenvalue weighted by Gasteiger charge is -2.26. The van der Waals surface area contributed by atoms with Crippen molar-refractivity contribution in [2.75, 3.05) is 7.11 Å². The average Bonchev–Trinajstić information content (AvgIpc) is 3.03. The maximum atomic E-state index is 12.0. The summed E-state index contributed by atoms with van der Waals surface area (Å²) in [7, 11) is 1.47. The van der Waals surface area contributed by atoms with E-state index in [1.807, 2.05) is 36.4 Å². The number of ether oxygens (including phenoxy) is 2. The summed E-state index contributed by atoms with van der Waals surface area (Å²) < 4.78 is 12.0. The van der Waals surface area contributed by atoms with E-state index in [1.54, 1.807) is 0 Å². The molecule has 1 saturated carbocycles. The van der Waals surface area contributed by atoms with Gasteiger partial charge in [0, 0.05) is 16.3 Å². The number of esters is 1. The lowest BCUT2D eigenvalue weighted by molar-refractivity contribution is -0.142. The van der Waals surface area contributed by atoms with Gasteiger partial charge in [-0.1, -0.05) is 65.5 Å². The van der Waals surface area contributed by atoms with Gasteiger partial charge < -0.3 is 9.47 Å². The van der Waals surface area contributed by atoms with Gasteiger partial charge in [-0.05, 0) is 54.5 Å². The number of para-hydroxylation sites is 1. The number of nitrogens with zero attached hydrogens (tertiary/aromatic N) is 1. The lowest BCUT2D eigenvalue weighted by Crippen LogP contribution is -2.17. The first-order chi connectivity index (χ1) is 15.1. The Hall–Kier alpha value is -2.40. The Morgan fingerprint density at radius 3 is 2.74 bits per heavy atom. The van der Waals surface area contributed by atoms with Gasteiger partial charge in [0.15, 0.2) is 0 Å². The molecule has 1 fully saturated rings. The van der Waals surface area contributed by atoms with E-state index >= 15 is 0 Å². The normalized spacial score (nSPS) is 19.0. The number of halogens is 1. The summed E-state index contributed by atoms with van der Waals surface area (Å²) in [6.07, 6.45) is 6.25. The molecule has 4 nitrogen and oxygen atoms in total. The molecule has 2 atom stereocenters. The van der Waals surface area contributed by atoms with Crippen LogP contribution in [-0.2, 0) is 16.1 Å². The van der Waals surface area contributed by atoms with E-state index in [0.717, 1.165) is 39.7 Å². The van der Waals surface area contributed by atoms with Crippen LogP contribution in [0.25, 0.3) is 10.9 Å². The first-order valence-corrected chi connectivity index (χ1v) is 11.8. The molecule has 0 bridgehead atoms. The summed E-state index contributed by atoms with van der Waals surface area (Å²) in [6, 6.07) is 18.4. The number of pyridine rings is 1. The van der Waals surface area contributed by atoms with Gasteiger partial charge in [-0.15, -0.1) is 0 Å². The summed E-state index contributed by atoms with van der Waals surface area (Å²) in [5.74, 6) is 1.37. The predicted octanol–water partition coefficient (Wildman–Crippen LogP) is 6.80. The number of rotatable bonds is 6. The average molecular weight is 482 g/mol. The first kappa shape index (κ1) is 21.8. The highest BCUT2D eigenvalue weighted by molar-refractivity contribution is 9.10. The molecule has 4 rings (SSSR count). The van der Waals surface area contributed by atoms with Crippen molar-refractivity contribution >= 4 is 32.8 Å². The Morgan fingerprint density at radius 1 is 1.06 bits per heavy atom. The second kappa shape index (κ2) is 10.3. The molecular weight excluding hydrogens is 454 g/mol. The number of hydrogen-bond donors (Lipinski definition) is 0. The Labute approximate surface area is 192 Å². The van der Waals surface area contributed by atoms with E-state index in [0.29, 0.717) is 24.9 Å². The topological polar surface area (TPSA) is 48.4 Å². The van der Waals surface area contributed by atoms with Crippen LogP contribution in [0.15, 0.2) is 59.1 Å². The number of carbonyl (C=O) groups is 1. The van der Waals surface area contributed by atoms with Crippen LogP contribution in [-0.4, -0.2) is 18.1 Å². The third-order valence-corrected chi connectivity index (χ3v) is 6.92. The predicted molar refractivity (Wildman–Crippen MR) is 126 cm³/mol. The first-order valence-electron chi connectivity index (χ1n) is 11.0. The van der Waals surface area contributed by atoms with Crippen LogP contribution in [0.2, 0.25) is 0 Å². The summed E-state index contributed by atoms with van der Waals surface area (Å²) in [6.45, 7) is 0.422. The maximum Gasteiger partial charge on any atom is 0.305 e. The van der Waals surface area contributed by atoms with Crippen molar-refractivity contribution in [2.24, 2.45) is 5.92 Å². The van der Waals surface area contributed by atoms with Crippen LogP contribution in [0.4, 0.5) is 0 Å². The van der Waals surface area contributed by atoms with E-state index < -0.39 is 0 Å². The van der Waals surface area contributed by atoms with Crippen LogP contribution in [0, 0.1) is 5.92 Å². The van der Waals surface area contributed by atoms with Gasteiger partial charge in [0.1, 0.15) is 12.4 Å². The van der Waals surface area contributed by atoms with Gasteiger partial charge in [0.25, 0.3) is 0 Å². The second-order valence-electron chi connectivity index (χ2n) is 8.25. The molecule has 31 heavy (non-hydrogen) atoms. The molecule has 2 aromatic carbocycles. The van der Waals surface area contributed by atoms with Gasteiger partial charge in [-0.3, -0.25) is 4.79 Å². The van der Waals surface area contributed by atoms with Crippen LogP contribution in [0.5, 0.6) is 5.75 Å². The molecule has 0 aliphatic heterocycles. The van der Waals surface area contributed by atoms with Crippen molar-refractivity contribution in [1.82, 2.24) is 4.98 Å². The Morgan fingerprint density at radius 2 is 1.90 bits per heavy atom. The van der Waals surface area contributed by atoms with E-state index in [9.17, 15) is 4.79 Å². The zero-order valence-electron chi connectivity index (χ0n) is 17.9. The maximum absolute atomic E-state index is 12.0. The molecule has 0 radical (unpaired) electrons. The monoisotopic (exact) mass is 481 g/mol. The number of aromatic nitrogens is 1. The molecule has 1 aliphatic rings. The van der Waals surface area contributed by atoms with Crippen molar-refractivity contribution in [3.05, 3.63) is 70.3 Å². The van der Waals surface area contributed by atoms with E-state index in [2.05, 4.69) is 39.1 Å². The third-order valence-electron chi connectivity index (χ3n) is 6.23. The summed E-state index contributed by atoms with van der Waals surface area (Å²) in [5.41, 5.74) is 3.14. The zero-order chi connectivity index (χ0) is 21.6. The Kier molecular flexibility index (Phi) is 7.23. The van der Waals surface area contributed by atoms with Gasteiger partial charge >= 0.3 is 5.97 Å². The summed E-state index contributed by atoms with van der Waals surface area (Å²) in [4.78, 5) is 16.6. The SMILES string of the molecule is COC(=O)CC1CCCCCC1c1ccc(OCc2ccc3ccccc3n2)cc1Br. The van der Waals surface area contributed by atoms with Crippen molar-refractivity contribution in [2.45, 2.75) is 51.0 Å². The fourth-order valence-electron chi connectivity index (χ4n) is 4.58. The fourth-order valence-corrected chi connectivity index (χ4v) is 5.23. The third kappa shape index (κ3) is 5.45. The molecule has 0 amide bonds. The minimum Gasteiger partial charge on any atom is -0.487 e. The van der Waals surface area contributed by atoms with Gasteiger partial charge in [-0.25, -0.2) is 4.98 Å². The van der Waals surface area contributed by atoms with Crippen LogP contribution >= 0.6 is 15.9 Å². The molecule has 2 unspecified atom stereocenters. The number of carbonyl (C=O) groups excluding carboxylic acids is 1. The largest absolute Gasteiger partial charge is 0.487 e. The van der Waals surface area contributed by atoms with Gasteiger partial charge in [-0.2, -0.15) is 0 Å². The van der Waals surface area contributed by atoms with Crippen molar-refractivity contribution < 1.29 is 14.3 Å². The minimum absolute atomic E-state index is 0.115. The molecule has 0 spiro atoms. The summed E-state index contributed by atoms with van der Waals surface area (Å²) in [5, 5.41) is 1.13. The van der Waals surface area contributed by atoms with Gasteiger partial charge in [0.05, 0.1) is 18.3 Å². The van der Waals surface area contributed by atoms with Crippen LogP contribution in [0.3, 0.4) is 0 Å². The van der Waals surface area contributed by atoms with E-state index in [1.165, 1.54) is 31.9 Å². The Bertz CT molecular complexity index is 1050. The highest BCUT2D eigenvalue weighted by Crippen LogP contribution is 2.42. The number of benzene rings is 2. The van der Waals surface area contributed by atoms with E-state index in [-0.39, 0.29) is 5.97 Å². The quantitative estimate of drug-likeness (QED) is 0.286. The Balaban J connectivity index is 1.47. The van der Waals surface area contributed by atoms with Crippen LogP contribution in [0.1, 0.15) is 55.7 Å². The molecule has 3 aromatic rings. The number of fused-ring (bicyclic) bond motifs is 1. The van der Waals surface area contributed by atoms with Crippen molar-refractivity contribution in [1.29, 1.82) is 0 Å². The number of hydrogen-bond acceptors (Lipinski definition) is 4. The molecule has 0 N–H and O–H groups in total. The number of methoxy groups -OCH3 is 1. The van der Waals surface area contributed by atoms with Crippen molar-refractivity contribution in [3.63, 3.8) is 0 Å². The zero-order valence-corrected chi connectivity index (χ0v) is 19.4. The second-order valence-corrected chi connectivity index (χ2v) is 9.11. The lowest BCUT2D eigenvalue weighted by atomic mass is 9.80. The highest BCUT2D eigenvalue weighted by atomic mass is 79.9. The van der Waals surface area contributed by atoms with Gasteiger partial charge in [0.2, 0.25) is 0 Å². The highest BCUT2D eigenvalue weighted by Gasteiger charge is 2.29. The molecular formula is C26H28BrNO3. The molecule has 1 aromatic heterocycles. The standard InChI is InChI=1S/C26H28BrNO3/c1-30-26(29)15-19-8-3-2-4-9-22(19)23-14-13-21(16-24(23)27)31-17-20-12-11-18-7-5-6-10-25(18)28-20/h5-7,10-14,16,19,22H,2-4,8-9,15,17H2,1H3.